The standard InChI is InChI=1S/C89H61BN8/c1-56-40-57(2)87(58(3)41-56)90(67-52-91-88(92-53-67)97-81-38-22-18-34-73(81)77-48-83-75(50-85(77)97)71-32-16-20-36-79(71)95(83)69-44-63(59-24-8-4-9-25-59)42-64(45-69)60-26-10-5-11-27-60)68-54-93-89(94-55-68)98-82-39-23-19-35-74(82)78-49-84-76(51-86(78)98)72-33-17-21-37-80(72)96(84)70-46-65(61-28-12-6-13-29-61)43-66(47-70)62-30-14-7-15-31-62/h4-55H,1-3H3. The Morgan fingerprint density at radius 1 is 0.235 bits per heavy atom. The van der Waals surface area contributed by atoms with Crippen LogP contribution in [0.2, 0.25) is 0 Å². The molecule has 0 unspecified atom stereocenters. The minimum atomic E-state index is -0.280. The molecule has 0 radical (unpaired) electrons. The van der Waals surface area contributed by atoms with Crippen molar-refractivity contribution in [3.63, 3.8) is 0 Å². The molecule has 6 aromatic heterocycles. The van der Waals surface area contributed by atoms with E-state index in [0.717, 1.165) is 121 Å². The topological polar surface area (TPSA) is 71.3 Å². The van der Waals surface area contributed by atoms with Crippen LogP contribution < -0.4 is 16.4 Å². The fourth-order valence-electron chi connectivity index (χ4n) is 15.9. The molecule has 6 heterocycles. The van der Waals surface area contributed by atoms with E-state index in [0.29, 0.717) is 11.9 Å². The molecular formula is C89H61BN8. The van der Waals surface area contributed by atoms with Gasteiger partial charge in [-0.05, 0) is 161 Å². The van der Waals surface area contributed by atoms with Crippen LogP contribution in [0.5, 0.6) is 0 Å². The summed E-state index contributed by atoms with van der Waals surface area (Å²) in [6.07, 6.45) is 8.07. The van der Waals surface area contributed by atoms with Gasteiger partial charge in [-0.2, -0.15) is 0 Å². The van der Waals surface area contributed by atoms with Gasteiger partial charge >= 0.3 is 0 Å². The van der Waals surface area contributed by atoms with Crippen molar-refractivity contribution >= 4 is 110 Å². The molecule has 460 valence electrons. The Labute approximate surface area is 566 Å². The van der Waals surface area contributed by atoms with Crippen LogP contribution >= 0.6 is 0 Å². The summed E-state index contributed by atoms with van der Waals surface area (Å²) in [4.78, 5) is 21.5. The van der Waals surface area contributed by atoms with Crippen LogP contribution in [0.15, 0.2) is 316 Å². The molecule has 0 aliphatic rings. The van der Waals surface area contributed by atoms with Gasteiger partial charge in [0.15, 0.2) is 0 Å². The van der Waals surface area contributed by atoms with Crippen molar-refractivity contribution in [3.05, 3.63) is 333 Å². The molecule has 19 rings (SSSR count). The summed E-state index contributed by atoms with van der Waals surface area (Å²) >= 11 is 0. The number of benzene rings is 13. The third-order valence-corrected chi connectivity index (χ3v) is 20.1. The predicted molar refractivity (Wildman–Crippen MR) is 408 cm³/mol. The van der Waals surface area contributed by atoms with Crippen molar-refractivity contribution in [3.8, 4) is 67.8 Å². The maximum absolute atomic E-state index is 5.37. The minimum absolute atomic E-state index is 0.280. The van der Waals surface area contributed by atoms with E-state index in [1.54, 1.807) is 0 Å². The molecule has 0 amide bonds. The second kappa shape index (κ2) is 22.8. The first-order valence-corrected chi connectivity index (χ1v) is 33.5. The highest BCUT2D eigenvalue weighted by atomic mass is 15.2. The van der Waals surface area contributed by atoms with Gasteiger partial charge in [0.25, 0.3) is 0 Å². The van der Waals surface area contributed by atoms with Crippen LogP contribution in [0.4, 0.5) is 0 Å². The van der Waals surface area contributed by atoms with E-state index < -0.39 is 0 Å². The van der Waals surface area contributed by atoms with Crippen molar-refractivity contribution < 1.29 is 0 Å². The number of hydrogen-bond donors (Lipinski definition) is 0. The zero-order valence-electron chi connectivity index (χ0n) is 54.2. The lowest BCUT2D eigenvalue weighted by Gasteiger charge is -2.20. The summed E-state index contributed by atoms with van der Waals surface area (Å²) in [5.74, 6) is 1.19. The SMILES string of the molecule is Cc1cc(C)c(B(c2cnc(-n3c4ccccc4c4cc5c(cc43)c3ccccc3n5-c3cc(-c4ccccc4)cc(-c4ccccc4)c3)nc2)c2cnc(-n3c4ccccc4c4cc5c(cc43)c3ccccc3n5-c3cc(-c4ccccc4)cc(-c4ccccc4)c3)nc2)c(C)c1. The first kappa shape index (κ1) is 56.8. The van der Waals surface area contributed by atoms with Crippen molar-refractivity contribution in [2.75, 3.05) is 0 Å². The van der Waals surface area contributed by atoms with Crippen LogP contribution in [0.3, 0.4) is 0 Å². The lowest BCUT2D eigenvalue weighted by Crippen LogP contribution is -2.54. The summed E-state index contributed by atoms with van der Waals surface area (Å²) < 4.78 is 9.37. The molecule has 0 aliphatic carbocycles. The smallest absolute Gasteiger partial charge is 0.249 e. The number of aryl methyl sites for hydroxylation is 3. The second-order valence-corrected chi connectivity index (χ2v) is 26.1. The maximum atomic E-state index is 5.37. The van der Waals surface area contributed by atoms with Gasteiger partial charge in [-0.3, -0.25) is 9.13 Å². The minimum Gasteiger partial charge on any atom is -0.309 e. The first-order chi connectivity index (χ1) is 48.3. The molecule has 9 heteroatoms. The quantitative estimate of drug-likeness (QED) is 0.121. The van der Waals surface area contributed by atoms with Crippen LogP contribution in [0.1, 0.15) is 16.7 Å². The zero-order chi connectivity index (χ0) is 65.1. The lowest BCUT2D eigenvalue weighted by atomic mass is 9.36. The molecule has 0 spiro atoms. The average Bonchev–Trinajstić information content (AvgIpc) is 1.59. The summed E-state index contributed by atoms with van der Waals surface area (Å²) in [7, 11) is 0. The highest BCUT2D eigenvalue weighted by Gasteiger charge is 2.29. The van der Waals surface area contributed by atoms with Gasteiger partial charge in [-0.15, -0.1) is 0 Å². The van der Waals surface area contributed by atoms with Gasteiger partial charge in [0.05, 0.1) is 44.1 Å². The maximum Gasteiger partial charge on any atom is 0.249 e. The Kier molecular flexibility index (Phi) is 13.2. The molecule has 0 N–H and O–H groups in total. The number of fused-ring (bicyclic) bond motifs is 12. The van der Waals surface area contributed by atoms with E-state index in [2.05, 4.69) is 330 Å². The lowest BCUT2D eigenvalue weighted by molar-refractivity contribution is 0.992. The molecule has 0 saturated carbocycles. The Balaban J connectivity index is 0.736. The van der Waals surface area contributed by atoms with Crippen LogP contribution in [0, 0.1) is 20.8 Å². The van der Waals surface area contributed by atoms with Gasteiger partial charge in [0.2, 0.25) is 18.6 Å². The number of rotatable bonds is 11. The van der Waals surface area contributed by atoms with Gasteiger partial charge in [-0.25, -0.2) is 19.9 Å². The van der Waals surface area contributed by atoms with Gasteiger partial charge < -0.3 is 9.13 Å². The van der Waals surface area contributed by atoms with Crippen LogP contribution in [-0.4, -0.2) is 44.9 Å². The van der Waals surface area contributed by atoms with Crippen LogP contribution in [-0.2, 0) is 0 Å². The Bertz CT molecular complexity index is 5870. The summed E-state index contributed by atoms with van der Waals surface area (Å²) in [5, 5.41) is 9.12. The van der Waals surface area contributed by atoms with Gasteiger partial charge in [-0.1, -0.05) is 228 Å². The number of para-hydroxylation sites is 4. The summed E-state index contributed by atoms with van der Waals surface area (Å²) in [6, 6.07) is 106. The van der Waals surface area contributed by atoms with Crippen molar-refractivity contribution in [2.45, 2.75) is 20.8 Å². The molecule has 13 aromatic carbocycles. The average molecular weight is 1250 g/mol. The first-order valence-electron chi connectivity index (χ1n) is 33.5. The van der Waals surface area contributed by atoms with Crippen molar-refractivity contribution in [2.24, 2.45) is 0 Å². The predicted octanol–water partition coefficient (Wildman–Crippen LogP) is 19.8. The highest BCUT2D eigenvalue weighted by molar-refractivity contribution is 6.96. The van der Waals surface area contributed by atoms with E-state index in [9.17, 15) is 0 Å². The molecule has 98 heavy (non-hydrogen) atoms. The summed E-state index contributed by atoms with van der Waals surface area (Å²) in [6.45, 7) is 6.31. The molecule has 19 aromatic rings. The Hall–Kier alpha value is -12.7. The van der Waals surface area contributed by atoms with Crippen molar-refractivity contribution in [1.82, 2.24) is 38.2 Å². The van der Waals surface area contributed by atoms with Gasteiger partial charge in [0, 0.05) is 79.3 Å². The van der Waals surface area contributed by atoms with E-state index in [1.165, 1.54) is 55.2 Å². The molecule has 0 aliphatic heterocycles. The van der Waals surface area contributed by atoms with E-state index in [4.69, 9.17) is 19.9 Å². The van der Waals surface area contributed by atoms with Crippen molar-refractivity contribution in [1.29, 1.82) is 0 Å². The van der Waals surface area contributed by atoms with E-state index in [-0.39, 0.29) is 6.71 Å². The third kappa shape index (κ3) is 9.22. The van der Waals surface area contributed by atoms with Crippen LogP contribution in [0.25, 0.3) is 155 Å². The largest absolute Gasteiger partial charge is 0.309 e. The number of nitrogens with zero attached hydrogens (tertiary/aromatic N) is 8. The van der Waals surface area contributed by atoms with E-state index >= 15 is 0 Å². The van der Waals surface area contributed by atoms with Gasteiger partial charge in [0.1, 0.15) is 0 Å². The summed E-state index contributed by atoms with van der Waals surface area (Å²) in [5.41, 5.74) is 26.8. The zero-order valence-corrected chi connectivity index (χ0v) is 54.2. The Morgan fingerprint density at radius 2 is 0.500 bits per heavy atom. The molecule has 0 bridgehead atoms. The molecule has 8 nitrogen and oxygen atoms in total. The number of hydrogen-bond acceptors (Lipinski definition) is 4. The third-order valence-electron chi connectivity index (χ3n) is 20.1. The molecule has 0 saturated heterocycles. The number of aromatic nitrogens is 8. The van der Waals surface area contributed by atoms with E-state index in [1.807, 2.05) is 24.8 Å². The Morgan fingerprint density at radius 3 is 0.806 bits per heavy atom. The highest BCUT2D eigenvalue weighted by Crippen LogP contribution is 2.43. The fourth-order valence-corrected chi connectivity index (χ4v) is 15.9. The second-order valence-electron chi connectivity index (χ2n) is 26.1. The fraction of sp³-hybridized carbons (Fsp3) is 0.0337. The molecule has 0 atom stereocenters. The normalized spacial score (nSPS) is 11.8. The molecule has 0 fully saturated rings. The molecular weight excluding hydrogens is 1190 g/mol. The monoisotopic (exact) mass is 1250 g/mol.